The van der Waals surface area contributed by atoms with Crippen molar-refractivity contribution in [3.8, 4) is 0 Å². The van der Waals surface area contributed by atoms with E-state index in [1.54, 1.807) is 0 Å². The van der Waals surface area contributed by atoms with E-state index < -0.39 is 0 Å². The molecule has 0 spiro atoms. The van der Waals surface area contributed by atoms with E-state index in [0.29, 0.717) is 6.54 Å². The van der Waals surface area contributed by atoms with Crippen molar-refractivity contribution >= 4 is 28.9 Å². The highest BCUT2D eigenvalue weighted by molar-refractivity contribution is 7.80. The number of nitrogens with two attached hydrogens (primary N) is 1. The molecule has 0 fully saturated rings. The number of rotatable bonds is 5. The van der Waals surface area contributed by atoms with E-state index in [-0.39, 0.29) is 5.11 Å². The summed E-state index contributed by atoms with van der Waals surface area (Å²) in [6.45, 7) is 2.64. The lowest BCUT2D eigenvalue weighted by Gasteiger charge is -2.31. The first kappa shape index (κ1) is 15.1. The van der Waals surface area contributed by atoms with E-state index in [1.165, 1.54) is 17.7 Å². The first-order chi connectivity index (χ1) is 9.65. The maximum atomic E-state index is 5.91. The van der Waals surface area contributed by atoms with Gasteiger partial charge in [0, 0.05) is 23.8 Å². The Morgan fingerprint density at radius 2 is 2.10 bits per heavy atom. The van der Waals surface area contributed by atoms with Gasteiger partial charge in [-0.05, 0) is 42.8 Å². The van der Waals surface area contributed by atoms with Crippen molar-refractivity contribution in [1.29, 1.82) is 0 Å². The Morgan fingerprint density at radius 3 is 2.80 bits per heavy atom. The Morgan fingerprint density at radius 1 is 1.35 bits per heavy atom. The van der Waals surface area contributed by atoms with Crippen molar-refractivity contribution in [3.05, 3.63) is 46.6 Å². The zero-order valence-electron chi connectivity index (χ0n) is 11.2. The minimum absolute atomic E-state index is 0.255. The Hall–Kier alpha value is -1.30. The summed E-state index contributed by atoms with van der Waals surface area (Å²) in [5.74, 6) is 0. The van der Waals surface area contributed by atoms with Crippen LogP contribution in [0.5, 0.6) is 0 Å². The van der Waals surface area contributed by atoms with Gasteiger partial charge >= 0.3 is 0 Å². The average molecular weight is 311 g/mol. The molecule has 6 heteroatoms. The molecule has 0 saturated heterocycles. The zero-order valence-corrected chi connectivity index (χ0v) is 12.8. The molecule has 1 aromatic carbocycles. The minimum atomic E-state index is 0.255. The summed E-state index contributed by atoms with van der Waals surface area (Å²) in [5.41, 5.74) is 13.7. The fourth-order valence-electron chi connectivity index (χ4n) is 2.22. The van der Waals surface area contributed by atoms with E-state index in [0.717, 1.165) is 24.5 Å². The van der Waals surface area contributed by atoms with Gasteiger partial charge in [-0.3, -0.25) is 5.43 Å². The molecule has 1 aromatic rings. The normalized spacial score (nSPS) is 14.8. The lowest BCUT2D eigenvalue weighted by molar-refractivity contribution is 0.304. The number of halogens is 1. The standard InChI is InChI=1S/C14H19ClN4S/c15-12-6-4-11(5-7-12)10-19-8-2-1-3-13(19)9-17-18-14(16)20/h3-7,17H,1-2,8-10H2,(H3,16,18,20). The van der Waals surface area contributed by atoms with Crippen molar-refractivity contribution in [1.82, 2.24) is 15.8 Å². The van der Waals surface area contributed by atoms with Crippen LogP contribution in [0.3, 0.4) is 0 Å². The van der Waals surface area contributed by atoms with Gasteiger partial charge in [0.05, 0.1) is 6.54 Å². The van der Waals surface area contributed by atoms with Gasteiger partial charge in [-0.25, -0.2) is 5.43 Å². The quantitative estimate of drug-likeness (QED) is 0.575. The number of allylic oxidation sites excluding steroid dienone is 1. The van der Waals surface area contributed by atoms with Crippen LogP contribution in [-0.4, -0.2) is 23.1 Å². The monoisotopic (exact) mass is 310 g/mol. The Bertz CT molecular complexity index is 486. The van der Waals surface area contributed by atoms with Crippen LogP contribution in [0.1, 0.15) is 18.4 Å². The van der Waals surface area contributed by atoms with Gasteiger partial charge in [0.15, 0.2) is 5.11 Å². The second-order valence-electron chi connectivity index (χ2n) is 4.73. The molecule has 4 nitrogen and oxygen atoms in total. The molecule has 0 radical (unpaired) electrons. The molecule has 1 aliphatic heterocycles. The molecule has 0 aromatic heterocycles. The Kier molecular flexibility index (Phi) is 5.64. The smallest absolute Gasteiger partial charge is 0.178 e. The van der Waals surface area contributed by atoms with Gasteiger partial charge in [-0.2, -0.15) is 0 Å². The predicted octanol–water partition coefficient (Wildman–Crippen LogP) is 2.16. The lowest BCUT2D eigenvalue weighted by atomic mass is 10.1. The topological polar surface area (TPSA) is 53.3 Å². The third-order valence-corrected chi connectivity index (χ3v) is 3.54. The SMILES string of the molecule is NC(=S)NNCC1=CCCCN1Cc1ccc(Cl)cc1. The number of nitrogens with zero attached hydrogens (tertiary/aromatic N) is 1. The third-order valence-electron chi connectivity index (χ3n) is 3.19. The molecule has 1 heterocycles. The van der Waals surface area contributed by atoms with E-state index in [4.69, 9.17) is 29.6 Å². The molecule has 2 rings (SSSR count). The Balaban J connectivity index is 1.94. The number of hydrazine groups is 1. The van der Waals surface area contributed by atoms with Crippen LogP contribution < -0.4 is 16.6 Å². The van der Waals surface area contributed by atoms with E-state index in [1.807, 2.05) is 12.1 Å². The molecule has 0 aliphatic carbocycles. The third kappa shape index (κ3) is 4.67. The molecule has 20 heavy (non-hydrogen) atoms. The minimum Gasteiger partial charge on any atom is -0.375 e. The summed E-state index contributed by atoms with van der Waals surface area (Å²) in [4.78, 5) is 2.36. The maximum absolute atomic E-state index is 5.91. The number of benzene rings is 1. The van der Waals surface area contributed by atoms with Gasteiger partial charge in [0.2, 0.25) is 0 Å². The molecule has 0 atom stereocenters. The van der Waals surface area contributed by atoms with Crippen molar-refractivity contribution < 1.29 is 0 Å². The van der Waals surface area contributed by atoms with Crippen LogP contribution in [0.25, 0.3) is 0 Å². The van der Waals surface area contributed by atoms with Crippen LogP contribution >= 0.6 is 23.8 Å². The summed E-state index contributed by atoms with van der Waals surface area (Å²) in [5, 5.41) is 1.02. The van der Waals surface area contributed by atoms with Crippen molar-refractivity contribution in [3.63, 3.8) is 0 Å². The highest BCUT2D eigenvalue weighted by atomic mass is 35.5. The van der Waals surface area contributed by atoms with Crippen LogP contribution in [-0.2, 0) is 6.54 Å². The highest BCUT2D eigenvalue weighted by Gasteiger charge is 2.13. The average Bonchev–Trinajstić information content (AvgIpc) is 2.43. The lowest BCUT2D eigenvalue weighted by Crippen LogP contribution is -2.44. The predicted molar refractivity (Wildman–Crippen MR) is 87.1 cm³/mol. The van der Waals surface area contributed by atoms with Crippen LogP contribution in [0.2, 0.25) is 5.02 Å². The Labute approximate surface area is 129 Å². The second kappa shape index (κ2) is 7.47. The van der Waals surface area contributed by atoms with Gasteiger partial charge in [-0.15, -0.1) is 0 Å². The van der Waals surface area contributed by atoms with Gasteiger partial charge in [0.1, 0.15) is 0 Å². The molecule has 0 bridgehead atoms. The molecule has 0 saturated carbocycles. The first-order valence-corrected chi connectivity index (χ1v) is 7.40. The zero-order chi connectivity index (χ0) is 14.4. The van der Waals surface area contributed by atoms with Crippen LogP contribution in [0.15, 0.2) is 36.0 Å². The molecular formula is C14H19ClN4S. The molecule has 4 N–H and O–H groups in total. The first-order valence-electron chi connectivity index (χ1n) is 6.62. The fourth-order valence-corrected chi connectivity index (χ4v) is 2.42. The summed E-state index contributed by atoms with van der Waals surface area (Å²) < 4.78 is 0. The van der Waals surface area contributed by atoms with Gasteiger partial charge < -0.3 is 10.6 Å². The van der Waals surface area contributed by atoms with Crippen LogP contribution in [0.4, 0.5) is 0 Å². The molecule has 0 amide bonds. The summed E-state index contributed by atoms with van der Waals surface area (Å²) in [6.07, 6.45) is 4.55. The fraction of sp³-hybridized carbons (Fsp3) is 0.357. The summed E-state index contributed by atoms with van der Waals surface area (Å²) in [7, 11) is 0. The molecule has 0 unspecified atom stereocenters. The van der Waals surface area contributed by atoms with Crippen molar-refractivity contribution in [2.45, 2.75) is 19.4 Å². The van der Waals surface area contributed by atoms with Crippen molar-refractivity contribution in [2.24, 2.45) is 5.73 Å². The van der Waals surface area contributed by atoms with Gasteiger partial charge in [-0.1, -0.05) is 29.8 Å². The summed E-state index contributed by atoms with van der Waals surface area (Å²) >= 11 is 10.7. The molecular weight excluding hydrogens is 292 g/mol. The number of hydrogen-bond acceptors (Lipinski definition) is 3. The number of nitrogens with one attached hydrogen (secondary N) is 2. The largest absolute Gasteiger partial charge is 0.375 e. The number of thiocarbonyl (C=S) groups is 1. The highest BCUT2D eigenvalue weighted by Crippen LogP contribution is 2.18. The second-order valence-corrected chi connectivity index (χ2v) is 5.60. The van der Waals surface area contributed by atoms with E-state index >= 15 is 0 Å². The van der Waals surface area contributed by atoms with E-state index in [2.05, 4.69) is 34.0 Å². The van der Waals surface area contributed by atoms with Gasteiger partial charge in [0.25, 0.3) is 0 Å². The summed E-state index contributed by atoms with van der Waals surface area (Å²) in [6, 6.07) is 7.98. The molecule has 108 valence electrons. The van der Waals surface area contributed by atoms with Crippen molar-refractivity contribution in [2.75, 3.05) is 13.1 Å². The number of hydrogen-bond donors (Lipinski definition) is 3. The van der Waals surface area contributed by atoms with E-state index in [9.17, 15) is 0 Å². The molecule has 1 aliphatic rings. The maximum Gasteiger partial charge on any atom is 0.178 e. The van der Waals surface area contributed by atoms with Crippen LogP contribution in [0, 0.1) is 0 Å².